The van der Waals surface area contributed by atoms with Crippen molar-refractivity contribution >= 4 is 17.3 Å². The molecule has 3 aromatic rings. The number of non-ortho nitro benzene ring substituents is 1. The number of rotatable bonds is 20. The van der Waals surface area contributed by atoms with Gasteiger partial charge in [0.05, 0.1) is 40.9 Å². The normalized spacial score (nSPS) is 23.5. The van der Waals surface area contributed by atoms with E-state index in [1.54, 1.807) is 48.5 Å². The van der Waals surface area contributed by atoms with Crippen molar-refractivity contribution in [3.8, 4) is 23.3 Å². The number of ether oxygens (including phenoxy) is 3. The molecule has 0 spiro atoms. The lowest BCUT2D eigenvalue weighted by atomic mass is 9.55. The van der Waals surface area contributed by atoms with Gasteiger partial charge in [-0.05, 0) is 105 Å². The number of nitro groups is 1. The smallest absolute Gasteiger partial charge is 0.273 e. The average Bonchev–Trinajstić information content (AvgIpc) is 3.25. The SMILES string of the molecule is C=CCOC12Oc3ccc(Oc4cccc([N+](=O)[O-])c4)cc3C3C(CCCCO)C(CCCCO)C=C(C(=NOCC)CC1N(CCC)C(=O)c1ccc(C#N)cc1)C32. The maximum atomic E-state index is 14.8. The molecule has 0 saturated heterocycles. The van der Waals surface area contributed by atoms with Gasteiger partial charge in [0, 0.05) is 49.3 Å². The number of oxime groups is 1. The number of hydrogen-bond acceptors (Lipinski definition) is 11. The number of aliphatic hydroxyl groups excluding tert-OH is 2. The number of carbonyl (C=O) groups excluding carboxylic acids is 1. The van der Waals surface area contributed by atoms with Gasteiger partial charge in [-0.25, -0.2) is 0 Å². The number of unbranched alkanes of at least 4 members (excludes halogenated alkanes) is 2. The fourth-order valence-electron chi connectivity index (χ4n) is 9.14. The summed E-state index contributed by atoms with van der Waals surface area (Å²) in [6.45, 7) is 8.84. The summed E-state index contributed by atoms with van der Waals surface area (Å²) < 4.78 is 20.6. The minimum absolute atomic E-state index is 0.00245. The molecule has 1 saturated carbocycles. The molecule has 13 heteroatoms. The number of carbonyl (C=O) groups is 1. The Morgan fingerprint density at radius 3 is 2.49 bits per heavy atom. The van der Waals surface area contributed by atoms with Crippen molar-refractivity contribution in [2.24, 2.45) is 22.9 Å². The monoisotopic (exact) mass is 806 g/mol. The second-order valence-corrected chi connectivity index (χ2v) is 15.2. The van der Waals surface area contributed by atoms with Gasteiger partial charge in [0.25, 0.3) is 11.6 Å². The first-order valence-corrected chi connectivity index (χ1v) is 20.7. The van der Waals surface area contributed by atoms with Crippen LogP contribution in [-0.2, 0) is 9.57 Å². The number of nitriles is 1. The summed E-state index contributed by atoms with van der Waals surface area (Å²) in [5.41, 5.74) is 3.24. The average molecular weight is 807 g/mol. The Bertz CT molecular complexity index is 2060. The molecule has 6 atom stereocenters. The second kappa shape index (κ2) is 19.9. The molecular formula is C46H54N4O9. The molecule has 312 valence electrons. The Hall–Kier alpha value is -5.55. The molecular weight excluding hydrogens is 753 g/mol. The molecule has 6 rings (SSSR count). The summed E-state index contributed by atoms with van der Waals surface area (Å²) >= 11 is 0. The highest BCUT2D eigenvalue weighted by Gasteiger charge is 2.65. The number of nitrogens with zero attached hydrogens (tertiary/aromatic N) is 4. The number of aliphatic hydroxyl groups is 2. The van der Waals surface area contributed by atoms with E-state index in [2.05, 4.69) is 18.7 Å². The van der Waals surface area contributed by atoms with Crippen LogP contribution in [0, 0.1) is 39.2 Å². The highest BCUT2D eigenvalue weighted by molar-refractivity contribution is 6.03. The van der Waals surface area contributed by atoms with Crippen molar-refractivity contribution in [3.63, 3.8) is 0 Å². The van der Waals surface area contributed by atoms with Crippen LogP contribution in [0.4, 0.5) is 5.69 Å². The molecule has 0 radical (unpaired) electrons. The molecule has 0 aromatic heterocycles. The van der Waals surface area contributed by atoms with Gasteiger partial charge in [-0.15, -0.1) is 6.58 Å². The summed E-state index contributed by atoms with van der Waals surface area (Å²) in [5.74, 6) is -1.10. The van der Waals surface area contributed by atoms with Gasteiger partial charge in [-0.2, -0.15) is 5.26 Å². The van der Waals surface area contributed by atoms with Crippen molar-refractivity contribution in [2.45, 2.75) is 83.0 Å². The molecule has 1 heterocycles. The number of benzene rings is 3. The van der Waals surface area contributed by atoms with Gasteiger partial charge in [0.1, 0.15) is 29.9 Å². The van der Waals surface area contributed by atoms with E-state index >= 15 is 0 Å². The highest BCUT2D eigenvalue weighted by atomic mass is 16.7. The van der Waals surface area contributed by atoms with Crippen molar-refractivity contribution in [2.75, 3.05) is 33.0 Å². The number of nitro benzene ring substituents is 1. The summed E-state index contributed by atoms with van der Waals surface area (Å²) in [6, 6.07) is 19.6. The molecule has 1 fully saturated rings. The topological polar surface area (TPSA) is 177 Å². The first-order valence-electron chi connectivity index (χ1n) is 20.7. The van der Waals surface area contributed by atoms with Crippen LogP contribution < -0.4 is 9.47 Å². The van der Waals surface area contributed by atoms with E-state index in [-0.39, 0.29) is 55.6 Å². The van der Waals surface area contributed by atoms with Gasteiger partial charge in [0.2, 0.25) is 5.79 Å². The predicted octanol–water partition coefficient (Wildman–Crippen LogP) is 8.46. The van der Waals surface area contributed by atoms with Crippen LogP contribution in [0.2, 0.25) is 0 Å². The number of amides is 1. The minimum Gasteiger partial charge on any atom is -0.459 e. The van der Waals surface area contributed by atoms with Crippen LogP contribution in [0.15, 0.2) is 96.2 Å². The second-order valence-electron chi connectivity index (χ2n) is 15.2. The molecule has 59 heavy (non-hydrogen) atoms. The number of hydrogen-bond donors (Lipinski definition) is 2. The Morgan fingerprint density at radius 1 is 1.07 bits per heavy atom. The van der Waals surface area contributed by atoms with Crippen molar-refractivity contribution in [1.29, 1.82) is 5.26 Å². The Morgan fingerprint density at radius 2 is 1.81 bits per heavy atom. The van der Waals surface area contributed by atoms with Crippen LogP contribution in [0.25, 0.3) is 0 Å². The molecule has 1 aliphatic heterocycles. The summed E-state index contributed by atoms with van der Waals surface area (Å²) in [4.78, 5) is 33.6. The Balaban J connectivity index is 1.59. The van der Waals surface area contributed by atoms with E-state index in [9.17, 15) is 30.4 Å². The maximum Gasteiger partial charge on any atom is 0.273 e. The summed E-state index contributed by atoms with van der Waals surface area (Å²) in [6.07, 6.45) is 9.22. The van der Waals surface area contributed by atoms with E-state index in [0.717, 1.165) is 36.8 Å². The van der Waals surface area contributed by atoms with Crippen LogP contribution in [0.3, 0.4) is 0 Å². The molecule has 6 unspecified atom stereocenters. The quantitative estimate of drug-likeness (QED) is 0.0487. The molecule has 3 aliphatic rings. The van der Waals surface area contributed by atoms with E-state index < -0.39 is 22.7 Å². The van der Waals surface area contributed by atoms with E-state index in [1.807, 2.05) is 30.9 Å². The lowest BCUT2D eigenvalue weighted by molar-refractivity contribution is -0.384. The van der Waals surface area contributed by atoms with Crippen molar-refractivity contribution in [3.05, 3.63) is 118 Å². The Kier molecular flexibility index (Phi) is 14.5. The first kappa shape index (κ1) is 43.0. The van der Waals surface area contributed by atoms with Crippen LogP contribution in [0.1, 0.15) is 92.6 Å². The van der Waals surface area contributed by atoms with Gasteiger partial charge in [-0.3, -0.25) is 14.9 Å². The zero-order valence-electron chi connectivity index (χ0n) is 33.8. The lowest BCUT2D eigenvalue weighted by Crippen LogP contribution is -2.70. The third kappa shape index (κ3) is 9.20. The lowest BCUT2D eigenvalue weighted by Gasteiger charge is -2.60. The molecule has 0 bridgehead atoms. The number of fused-ring (bicyclic) bond motifs is 2. The van der Waals surface area contributed by atoms with Crippen LogP contribution >= 0.6 is 0 Å². The van der Waals surface area contributed by atoms with Gasteiger partial charge < -0.3 is 34.2 Å². The maximum absolute atomic E-state index is 14.8. The fraction of sp³-hybridized carbons (Fsp3) is 0.457. The van der Waals surface area contributed by atoms with Gasteiger partial charge >= 0.3 is 0 Å². The van der Waals surface area contributed by atoms with E-state index in [0.29, 0.717) is 66.5 Å². The first-order chi connectivity index (χ1) is 28.7. The zero-order valence-corrected chi connectivity index (χ0v) is 33.8. The van der Waals surface area contributed by atoms with Crippen molar-refractivity contribution < 1.29 is 39.0 Å². The van der Waals surface area contributed by atoms with Gasteiger partial charge in [-0.1, -0.05) is 43.1 Å². The van der Waals surface area contributed by atoms with E-state index in [4.69, 9.17) is 24.2 Å². The molecule has 2 aliphatic carbocycles. The largest absolute Gasteiger partial charge is 0.459 e. The van der Waals surface area contributed by atoms with E-state index in [1.165, 1.54) is 12.1 Å². The molecule has 1 amide bonds. The third-order valence-electron chi connectivity index (χ3n) is 11.6. The molecule has 13 nitrogen and oxygen atoms in total. The zero-order chi connectivity index (χ0) is 41.9. The molecule has 3 aromatic carbocycles. The minimum atomic E-state index is -1.44. The van der Waals surface area contributed by atoms with Crippen LogP contribution in [0.5, 0.6) is 17.2 Å². The third-order valence-corrected chi connectivity index (χ3v) is 11.6. The highest BCUT2D eigenvalue weighted by Crippen LogP contribution is 2.62. The summed E-state index contributed by atoms with van der Waals surface area (Å²) in [5, 5.41) is 45.6. The van der Waals surface area contributed by atoms with Gasteiger partial charge in [0.15, 0.2) is 0 Å². The predicted molar refractivity (Wildman–Crippen MR) is 222 cm³/mol. The van der Waals surface area contributed by atoms with Crippen LogP contribution in [-0.4, -0.2) is 76.5 Å². The standard InChI is InChI=1S/C46H54N4O9/c1-4-22-49(45(53)32-18-16-31(30-47)17-19-32)42-29-40(48-57-6-3)38-26-33(12-7-9-23-51)37(15-8-10-24-52)43-39-28-36(58-35-14-11-13-34(27-35)50(54)55)20-21-41(39)59-46(42,44(38)43)56-25-5-2/h5,11,13-14,16-21,26-28,33,37,42-44,51-52H,2,4,6-10,12,15,22-25,29H2,1,3H3. The molecule has 2 N–H and O–H groups in total. The Labute approximate surface area is 345 Å². The summed E-state index contributed by atoms with van der Waals surface area (Å²) in [7, 11) is 0. The number of allylic oxidation sites excluding steroid dienone is 1. The fourth-order valence-corrected chi connectivity index (χ4v) is 9.14. The van der Waals surface area contributed by atoms with Crippen molar-refractivity contribution in [1.82, 2.24) is 4.90 Å².